The summed E-state index contributed by atoms with van der Waals surface area (Å²) in [6, 6.07) is 1.98. The molecule has 0 spiro atoms. The normalized spacial score (nSPS) is 12.8. The average Bonchev–Trinajstić information content (AvgIpc) is 2.59. The number of carbonyl (C=O) groups excluding carboxylic acids is 1. The van der Waals surface area contributed by atoms with Crippen LogP contribution in [-0.2, 0) is 0 Å². The quantitative estimate of drug-likeness (QED) is 0.850. The van der Waals surface area contributed by atoms with Gasteiger partial charge in [-0.3, -0.25) is 4.79 Å². The first-order valence-corrected chi connectivity index (χ1v) is 6.20. The molecule has 96 valence electrons. The second-order valence-corrected chi connectivity index (χ2v) is 5.00. The molecule has 0 radical (unpaired) electrons. The summed E-state index contributed by atoms with van der Waals surface area (Å²) in [4.78, 5) is 11.9. The van der Waals surface area contributed by atoms with E-state index in [0.717, 1.165) is 6.42 Å². The van der Waals surface area contributed by atoms with E-state index in [9.17, 15) is 4.79 Å². The highest BCUT2D eigenvalue weighted by molar-refractivity contribution is 6.31. The van der Waals surface area contributed by atoms with Gasteiger partial charge in [0.25, 0.3) is 5.91 Å². The Morgan fingerprint density at radius 1 is 1.53 bits per heavy atom. The first kappa shape index (κ1) is 14.1. The summed E-state index contributed by atoms with van der Waals surface area (Å²) in [5.74, 6) is -0.105. The molecule has 1 unspecified atom stereocenters. The Balaban J connectivity index is 2.68. The van der Waals surface area contributed by atoms with Crippen molar-refractivity contribution in [3.8, 4) is 0 Å². The smallest absolute Gasteiger partial charge is 0.267 e. The number of aromatic nitrogens is 1. The lowest BCUT2D eigenvalue weighted by atomic mass is 10.2. The lowest BCUT2D eigenvalue weighted by molar-refractivity contribution is 0.0942. The molecular formula is C12H20ClN3O. The number of rotatable bonds is 5. The minimum Gasteiger partial charge on any atom is -0.351 e. The maximum absolute atomic E-state index is 11.9. The Morgan fingerprint density at radius 3 is 2.71 bits per heavy atom. The third-order valence-corrected chi connectivity index (χ3v) is 2.70. The lowest BCUT2D eigenvalue weighted by Crippen LogP contribution is -2.30. The van der Waals surface area contributed by atoms with Crippen molar-refractivity contribution in [3.63, 3.8) is 0 Å². The van der Waals surface area contributed by atoms with E-state index < -0.39 is 0 Å². The number of amides is 1. The van der Waals surface area contributed by atoms with E-state index in [-0.39, 0.29) is 18.0 Å². The largest absolute Gasteiger partial charge is 0.351 e. The molecule has 1 heterocycles. The van der Waals surface area contributed by atoms with Crippen molar-refractivity contribution in [2.45, 2.75) is 39.3 Å². The fourth-order valence-corrected chi connectivity index (χ4v) is 1.77. The highest BCUT2D eigenvalue weighted by atomic mass is 35.5. The van der Waals surface area contributed by atoms with Crippen molar-refractivity contribution < 1.29 is 4.79 Å². The van der Waals surface area contributed by atoms with E-state index in [2.05, 4.69) is 5.32 Å². The molecule has 1 aromatic rings. The van der Waals surface area contributed by atoms with Gasteiger partial charge in [0.05, 0.1) is 5.02 Å². The molecule has 1 atom stereocenters. The zero-order valence-corrected chi connectivity index (χ0v) is 11.3. The van der Waals surface area contributed by atoms with Crippen molar-refractivity contribution in [2.75, 3.05) is 6.54 Å². The summed E-state index contributed by atoms with van der Waals surface area (Å²) >= 11 is 5.92. The molecule has 0 bridgehead atoms. The predicted octanol–water partition coefficient (Wildman–Crippen LogP) is 2.19. The summed E-state index contributed by atoms with van der Waals surface area (Å²) in [5, 5.41) is 3.42. The third kappa shape index (κ3) is 4.06. The maximum Gasteiger partial charge on any atom is 0.267 e. The van der Waals surface area contributed by atoms with Crippen LogP contribution in [0.5, 0.6) is 0 Å². The van der Waals surface area contributed by atoms with Gasteiger partial charge >= 0.3 is 0 Å². The van der Waals surface area contributed by atoms with Gasteiger partial charge in [-0.05, 0) is 33.3 Å². The molecule has 17 heavy (non-hydrogen) atoms. The highest BCUT2D eigenvalue weighted by Gasteiger charge is 2.14. The molecule has 1 rings (SSSR count). The monoisotopic (exact) mass is 257 g/mol. The van der Waals surface area contributed by atoms with Crippen molar-refractivity contribution in [2.24, 2.45) is 5.73 Å². The van der Waals surface area contributed by atoms with E-state index in [1.54, 1.807) is 12.3 Å². The second kappa shape index (κ2) is 6.07. The Hall–Kier alpha value is -1.00. The predicted molar refractivity (Wildman–Crippen MR) is 70.4 cm³/mol. The zero-order valence-electron chi connectivity index (χ0n) is 10.5. The highest BCUT2D eigenvalue weighted by Crippen LogP contribution is 2.18. The number of nitrogens with one attached hydrogen (secondary N) is 1. The number of hydrogen-bond donors (Lipinski definition) is 2. The fourth-order valence-electron chi connectivity index (χ4n) is 1.56. The third-order valence-electron chi connectivity index (χ3n) is 2.49. The summed E-state index contributed by atoms with van der Waals surface area (Å²) in [6.45, 7) is 6.52. The van der Waals surface area contributed by atoms with Crippen LogP contribution in [0, 0.1) is 0 Å². The topological polar surface area (TPSA) is 60.0 Å². The van der Waals surface area contributed by atoms with Gasteiger partial charge in [0.2, 0.25) is 0 Å². The van der Waals surface area contributed by atoms with Gasteiger partial charge < -0.3 is 15.6 Å². The molecule has 5 heteroatoms. The van der Waals surface area contributed by atoms with Crippen LogP contribution < -0.4 is 11.1 Å². The SMILES string of the molecule is CC(N)CCNC(=O)c1cc(Cl)cn1C(C)C. The van der Waals surface area contributed by atoms with Gasteiger partial charge in [-0.25, -0.2) is 0 Å². The maximum atomic E-state index is 11.9. The minimum atomic E-state index is -0.105. The van der Waals surface area contributed by atoms with Crippen molar-refractivity contribution >= 4 is 17.5 Å². The van der Waals surface area contributed by atoms with Crippen LogP contribution in [0.15, 0.2) is 12.3 Å². The number of nitrogens with zero attached hydrogens (tertiary/aromatic N) is 1. The molecule has 0 aromatic carbocycles. The Bertz CT molecular complexity index is 385. The Kier molecular flexibility index (Phi) is 5.02. The van der Waals surface area contributed by atoms with Crippen LogP contribution in [0.2, 0.25) is 5.02 Å². The first-order valence-electron chi connectivity index (χ1n) is 5.83. The zero-order chi connectivity index (χ0) is 13.0. The van der Waals surface area contributed by atoms with E-state index in [4.69, 9.17) is 17.3 Å². The summed E-state index contributed by atoms with van der Waals surface area (Å²) in [7, 11) is 0. The number of halogens is 1. The first-order chi connectivity index (χ1) is 7.91. The van der Waals surface area contributed by atoms with Crippen molar-refractivity contribution in [1.29, 1.82) is 0 Å². The molecule has 0 saturated carbocycles. The van der Waals surface area contributed by atoms with Gasteiger partial charge in [0.15, 0.2) is 0 Å². The van der Waals surface area contributed by atoms with Crippen LogP contribution in [0.3, 0.4) is 0 Å². The molecule has 0 aliphatic carbocycles. The van der Waals surface area contributed by atoms with Crippen molar-refractivity contribution in [3.05, 3.63) is 23.0 Å². The Labute approximate surface area is 107 Å². The van der Waals surface area contributed by atoms with Crippen LogP contribution in [-0.4, -0.2) is 23.1 Å². The second-order valence-electron chi connectivity index (χ2n) is 4.57. The summed E-state index contributed by atoms with van der Waals surface area (Å²) < 4.78 is 1.86. The van der Waals surface area contributed by atoms with E-state index >= 15 is 0 Å². The summed E-state index contributed by atoms with van der Waals surface area (Å²) in [6.07, 6.45) is 2.54. The van der Waals surface area contributed by atoms with E-state index in [0.29, 0.717) is 17.3 Å². The van der Waals surface area contributed by atoms with E-state index in [1.165, 1.54) is 0 Å². The van der Waals surface area contributed by atoms with Crippen LogP contribution in [0.1, 0.15) is 43.7 Å². The molecule has 0 saturated heterocycles. The van der Waals surface area contributed by atoms with Gasteiger partial charge in [0, 0.05) is 24.8 Å². The fraction of sp³-hybridized carbons (Fsp3) is 0.583. The molecule has 0 aliphatic rings. The lowest BCUT2D eigenvalue weighted by Gasteiger charge is -2.13. The van der Waals surface area contributed by atoms with E-state index in [1.807, 2.05) is 25.3 Å². The van der Waals surface area contributed by atoms with Gasteiger partial charge in [0.1, 0.15) is 5.69 Å². The van der Waals surface area contributed by atoms with Gasteiger partial charge in [-0.1, -0.05) is 11.6 Å². The Morgan fingerprint density at radius 2 is 2.18 bits per heavy atom. The van der Waals surface area contributed by atoms with Gasteiger partial charge in [-0.15, -0.1) is 0 Å². The standard InChI is InChI=1S/C12H20ClN3O/c1-8(2)16-7-10(13)6-11(16)12(17)15-5-4-9(3)14/h6-9H,4-5,14H2,1-3H3,(H,15,17). The van der Waals surface area contributed by atoms with Gasteiger partial charge in [-0.2, -0.15) is 0 Å². The van der Waals surface area contributed by atoms with Crippen LogP contribution in [0.4, 0.5) is 0 Å². The molecule has 1 amide bonds. The van der Waals surface area contributed by atoms with Crippen molar-refractivity contribution in [1.82, 2.24) is 9.88 Å². The molecule has 4 nitrogen and oxygen atoms in total. The summed E-state index contributed by atoms with van der Waals surface area (Å²) in [5.41, 5.74) is 6.21. The van der Waals surface area contributed by atoms with Crippen LogP contribution in [0.25, 0.3) is 0 Å². The molecule has 1 aromatic heterocycles. The number of carbonyl (C=O) groups is 1. The molecule has 0 fully saturated rings. The molecule has 3 N–H and O–H groups in total. The average molecular weight is 258 g/mol. The number of hydrogen-bond acceptors (Lipinski definition) is 2. The number of nitrogens with two attached hydrogens (primary N) is 1. The molecular weight excluding hydrogens is 238 g/mol. The van der Waals surface area contributed by atoms with Crippen LogP contribution >= 0.6 is 11.6 Å². The molecule has 0 aliphatic heterocycles. The minimum absolute atomic E-state index is 0.0933.